The van der Waals surface area contributed by atoms with Crippen LogP contribution in [0.25, 0.3) is 0 Å². The number of halogens is 3. The maximum Gasteiger partial charge on any atom is 0.335 e. The summed E-state index contributed by atoms with van der Waals surface area (Å²) < 4.78 is 53.2. The Morgan fingerprint density at radius 2 is 1.73 bits per heavy atom. The fourth-order valence-corrected chi connectivity index (χ4v) is 3.79. The van der Waals surface area contributed by atoms with Crippen molar-refractivity contribution in [2.45, 2.75) is 4.90 Å². The number of hydrogen-bond acceptors (Lipinski definition) is 3. The van der Waals surface area contributed by atoms with Gasteiger partial charge in [0.1, 0.15) is 22.2 Å². The highest BCUT2D eigenvalue weighted by Gasteiger charge is 2.22. The normalized spacial score (nSPS) is 11.2. The summed E-state index contributed by atoms with van der Waals surface area (Å²) in [6.45, 7) is 0. The third-order valence-electron chi connectivity index (χ3n) is 2.67. The smallest absolute Gasteiger partial charge is 0.335 e. The molecule has 0 spiro atoms. The first-order valence-corrected chi connectivity index (χ1v) is 7.99. The number of para-hydroxylation sites is 1. The van der Waals surface area contributed by atoms with Crippen LogP contribution in [0.15, 0.2) is 45.8 Å². The number of carbonyl (C=O) groups is 1. The highest BCUT2D eigenvalue weighted by atomic mass is 79.9. The van der Waals surface area contributed by atoms with E-state index in [0.29, 0.717) is 0 Å². The average Bonchev–Trinajstić information content (AvgIpc) is 2.42. The van der Waals surface area contributed by atoms with Crippen LogP contribution in [0.1, 0.15) is 10.4 Å². The van der Waals surface area contributed by atoms with Crippen molar-refractivity contribution in [3.05, 3.63) is 58.1 Å². The van der Waals surface area contributed by atoms with Gasteiger partial charge in [-0.15, -0.1) is 0 Å². The number of carboxylic acids is 1. The maximum absolute atomic E-state index is 13.5. The maximum atomic E-state index is 13.5. The van der Waals surface area contributed by atoms with E-state index in [1.807, 2.05) is 0 Å². The molecular weight excluding hydrogens is 384 g/mol. The van der Waals surface area contributed by atoms with Gasteiger partial charge in [0, 0.05) is 4.47 Å². The molecule has 0 saturated carbocycles. The predicted octanol–water partition coefficient (Wildman–Crippen LogP) is 3.23. The van der Waals surface area contributed by atoms with Crippen LogP contribution in [0, 0.1) is 11.6 Å². The van der Waals surface area contributed by atoms with Gasteiger partial charge in [-0.1, -0.05) is 6.07 Å². The Labute approximate surface area is 132 Å². The number of rotatable bonds is 4. The molecule has 0 aliphatic heterocycles. The third kappa shape index (κ3) is 3.25. The molecule has 0 aliphatic carbocycles. The van der Waals surface area contributed by atoms with Gasteiger partial charge in [0.15, 0.2) is 0 Å². The fourth-order valence-electron chi connectivity index (χ4n) is 1.64. The minimum Gasteiger partial charge on any atom is -0.478 e. The Kier molecular flexibility index (Phi) is 4.47. The Balaban J connectivity index is 2.45. The summed E-state index contributed by atoms with van der Waals surface area (Å²) in [5, 5.41) is 8.83. The molecule has 0 heterocycles. The summed E-state index contributed by atoms with van der Waals surface area (Å²) in [6.07, 6.45) is 0. The van der Waals surface area contributed by atoms with Crippen molar-refractivity contribution in [3.8, 4) is 0 Å². The summed E-state index contributed by atoms with van der Waals surface area (Å²) in [6, 6.07) is 6.08. The zero-order chi connectivity index (χ0) is 16.5. The lowest BCUT2D eigenvalue weighted by Crippen LogP contribution is -2.16. The first kappa shape index (κ1) is 16.4. The Morgan fingerprint density at radius 1 is 1.14 bits per heavy atom. The van der Waals surface area contributed by atoms with Crippen LogP contribution in [0.2, 0.25) is 0 Å². The topological polar surface area (TPSA) is 83.5 Å². The second kappa shape index (κ2) is 6.01. The van der Waals surface area contributed by atoms with Crippen molar-refractivity contribution < 1.29 is 27.1 Å². The standard InChI is InChI=1S/C13H8BrF2NO4S/c14-8-6-7(13(18)19)4-5-11(8)22(20,21)17-12-9(15)2-1-3-10(12)16/h1-6,17H,(H,18,19). The van der Waals surface area contributed by atoms with Crippen LogP contribution in [0.3, 0.4) is 0 Å². The lowest BCUT2D eigenvalue weighted by Gasteiger charge is -2.11. The molecule has 2 rings (SSSR count). The van der Waals surface area contributed by atoms with Crippen molar-refractivity contribution in [3.63, 3.8) is 0 Å². The third-order valence-corrected chi connectivity index (χ3v) is 4.99. The van der Waals surface area contributed by atoms with Crippen LogP contribution in [0.4, 0.5) is 14.5 Å². The number of benzene rings is 2. The number of nitrogens with one attached hydrogen (secondary N) is 1. The van der Waals surface area contributed by atoms with E-state index in [4.69, 9.17) is 5.11 Å². The van der Waals surface area contributed by atoms with E-state index in [2.05, 4.69) is 15.9 Å². The van der Waals surface area contributed by atoms with E-state index < -0.39 is 33.3 Å². The minimum atomic E-state index is -4.30. The van der Waals surface area contributed by atoms with E-state index in [1.165, 1.54) is 0 Å². The summed E-state index contributed by atoms with van der Waals surface area (Å²) in [4.78, 5) is 10.5. The molecule has 0 fully saturated rings. The van der Waals surface area contributed by atoms with E-state index in [1.54, 1.807) is 4.72 Å². The second-order valence-electron chi connectivity index (χ2n) is 4.15. The van der Waals surface area contributed by atoms with Crippen LogP contribution in [0.5, 0.6) is 0 Å². The summed E-state index contributed by atoms with van der Waals surface area (Å²) in [5.74, 6) is -3.37. The Hall–Kier alpha value is -2.00. The lowest BCUT2D eigenvalue weighted by atomic mass is 10.2. The number of sulfonamides is 1. The van der Waals surface area contributed by atoms with Gasteiger partial charge in [-0.3, -0.25) is 4.72 Å². The van der Waals surface area contributed by atoms with Crippen molar-refractivity contribution in [1.82, 2.24) is 0 Å². The molecule has 0 radical (unpaired) electrons. The van der Waals surface area contributed by atoms with Crippen molar-refractivity contribution in [1.29, 1.82) is 0 Å². The van der Waals surface area contributed by atoms with E-state index in [9.17, 15) is 22.0 Å². The zero-order valence-electron chi connectivity index (χ0n) is 10.7. The van der Waals surface area contributed by atoms with Crippen molar-refractivity contribution >= 4 is 37.6 Å². The van der Waals surface area contributed by atoms with Gasteiger partial charge >= 0.3 is 5.97 Å². The molecule has 2 aromatic rings. The molecule has 0 amide bonds. The first-order valence-electron chi connectivity index (χ1n) is 5.72. The Morgan fingerprint density at radius 3 is 2.23 bits per heavy atom. The molecule has 116 valence electrons. The summed E-state index contributed by atoms with van der Waals surface area (Å²) in [7, 11) is -4.30. The number of anilines is 1. The minimum absolute atomic E-state index is 0.0448. The van der Waals surface area contributed by atoms with Crippen LogP contribution < -0.4 is 4.72 Å². The molecule has 2 N–H and O–H groups in total. The second-order valence-corrected chi connectivity index (χ2v) is 6.66. The van der Waals surface area contributed by atoms with E-state index >= 15 is 0 Å². The van der Waals surface area contributed by atoms with E-state index in [0.717, 1.165) is 36.4 Å². The number of aromatic carboxylic acids is 1. The van der Waals surface area contributed by atoms with Crippen LogP contribution in [-0.4, -0.2) is 19.5 Å². The monoisotopic (exact) mass is 391 g/mol. The quantitative estimate of drug-likeness (QED) is 0.837. The van der Waals surface area contributed by atoms with Gasteiger partial charge in [-0.25, -0.2) is 22.0 Å². The number of hydrogen-bond donors (Lipinski definition) is 2. The van der Waals surface area contributed by atoms with Crippen molar-refractivity contribution in [2.75, 3.05) is 4.72 Å². The Bertz CT molecular complexity index is 835. The fraction of sp³-hybridized carbons (Fsp3) is 0. The highest BCUT2D eigenvalue weighted by Crippen LogP contribution is 2.27. The molecule has 22 heavy (non-hydrogen) atoms. The summed E-state index contributed by atoms with van der Waals surface area (Å²) >= 11 is 2.93. The van der Waals surface area contributed by atoms with Gasteiger partial charge in [0.2, 0.25) is 0 Å². The molecule has 0 atom stereocenters. The zero-order valence-corrected chi connectivity index (χ0v) is 13.1. The van der Waals surface area contributed by atoms with E-state index in [-0.39, 0.29) is 14.9 Å². The molecule has 0 saturated heterocycles. The molecule has 0 aliphatic rings. The number of carboxylic acid groups (broad SMARTS) is 1. The molecule has 9 heteroatoms. The molecular formula is C13H8BrF2NO4S. The SMILES string of the molecule is O=C(O)c1ccc(S(=O)(=O)Nc2c(F)cccc2F)c(Br)c1. The molecule has 2 aromatic carbocycles. The van der Waals surface area contributed by atoms with Gasteiger partial charge in [0.25, 0.3) is 10.0 Å². The van der Waals surface area contributed by atoms with Crippen molar-refractivity contribution in [2.24, 2.45) is 0 Å². The molecule has 0 unspecified atom stereocenters. The molecule has 0 bridgehead atoms. The lowest BCUT2D eigenvalue weighted by molar-refractivity contribution is 0.0696. The molecule has 0 aromatic heterocycles. The first-order chi connectivity index (χ1) is 10.2. The van der Waals surface area contributed by atoms with Gasteiger partial charge in [-0.2, -0.15) is 0 Å². The van der Waals surface area contributed by atoms with Gasteiger partial charge in [0.05, 0.1) is 5.56 Å². The summed E-state index contributed by atoms with van der Waals surface area (Å²) in [5.41, 5.74) is -0.945. The average molecular weight is 392 g/mol. The highest BCUT2D eigenvalue weighted by molar-refractivity contribution is 9.10. The van der Waals surface area contributed by atoms with Crippen LogP contribution >= 0.6 is 15.9 Å². The predicted molar refractivity (Wildman–Crippen MR) is 78.3 cm³/mol. The van der Waals surface area contributed by atoms with Crippen LogP contribution in [-0.2, 0) is 10.0 Å². The van der Waals surface area contributed by atoms with Gasteiger partial charge < -0.3 is 5.11 Å². The molecule has 5 nitrogen and oxygen atoms in total. The largest absolute Gasteiger partial charge is 0.478 e. The van der Waals surface area contributed by atoms with Gasteiger partial charge in [-0.05, 0) is 46.3 Å².